The molecule has 108 valence electrons. The van der Waals surface area contributed by atoms with E-state index < -0.39 is 12.7 Å². The molecule has 2 N–H and O–H groups in total. The topological polar surface area (TPSA) is 29.3 Å². The molecule has 2 nitrogen and oxygen atoms in total. The van der Waals surface area contributed by atoms with Crippen LogP contribution in [0.2, 0.25) is 5.02 Å². The van der Waals surface area contributed by atoms with Crippen molar-refractivity contribution in [1.82, 2.24) is 0 Å². The van der Waals surface area contributed by atoms with E-state index in [1.807, 2.05) is 6.92 Å². The normalized spacial score (nSPS) is 13.4. The van der Waals surface area contributed by atoms with E-state index in [9.17, 15) is 13.2 Å². The van der Waals surface area contributed by atoms with Crippen LogP contribution in [0.15, 0.2) is 18.2 Å². The largest absolute Gasteiger partial charge is 0.405 e. The Bertz CT molecular complexity index is 421. The molecular formula is C13H18ClF3N2. The van der Waals surface area contributed by atoms with Gasteiger partial charge in [0.2, 0.25) is 0 Å². The summed E-state index contributed by atoms with van der Waals surface area (Å²) in [5.74, 6) is 0. The van der Waals surface area contributed by atoms with Crippen molar-refractivity contribution in [2.45, 2.75) is 32.0 Å². The number of hydrogen-bond acceptors (Lipinski definition) is 2. The lowest BCUT2D eigenvalue weighted by Gasteiger charge is -2.25. The number of alkyl halides is 3. The minimum Gasteiger partial charge on any atom is -0.364 e. The summed E-state index contributed by atoms with van der Waals surface area (Å²) >= 11 is 6.03. The van der Waals surface area contributed by atoms with Gasteiger partial charge in [-0.25, -0.2) is 0 Å². The molecule has 0 radical (unpaired) electrons. The molecular weight excluding hydrogens is 277 g/mol. The molecule has 0 bridgehead atoms. The maximum absolute atomic E-state index is 12.5. The van der Waals surface area contributed by atoms with E-state index in [0.717, 1.165) is 16.9 Å². The summed E-state index contributed by atoms with van der Waals surface area (Å²) in [6.07, 6.45) is -3.00. The van der Waals surface area contributed by atoms with Crippen LogP contribution in [0.1, 0.15) is 18.9 Å². The molecule has 19 heavy (non-hydrogen) atoms. The molecule has 1 unspecified atom stereocenters. The van der Waals surface area contributed by atoms with Crippen LogP contribution in [-0.4, -0.2) is 25.8 Å². The average molecular weight is 295 g/mol. The van der Waals surface area contributed by atoms with Gasteiger partial charge in [-0.1, -0.05) is 30.7 Å². The Morgan fingerprint density at radius 1 is 1.37 bits per heavy atom. The summed E-state index contributed by atoms with van der Waals surface area (Å²) in [7, 11) is 1.38. The maximum atomic E-state index is 12.5. The minimum atomic E-state index is -4.27. The van der Waals surface area contributed by atoms with E-state index in [4.69, 9.17) is 17.3 Å². The lowest BCUT2D eigenvalue weighted by Crippen LogP contribution is -2.32. The Morgan fingerprint density at radius 3 is 2.53 bits per heavy atom. The predicted octanol–water partition coefficient (Wildman–Crippen LogP) is 3.62. The first-order chi connectivity index (χ1) is 8.74. The van der Waals surface area contributed by atoms with Gasteiger partial charge in [0.05, 0.1) is 10.7 Å². The van der Waals surface area contributed by atoms with Crippen molar-refractivity contribution < 1.29 is 13.2 Å². The first kappa shape index (κ1) is 16.1. The highest BCUT2D eigenvalue weighted by molar-refractivity contribution is 6.33. The van der Waals surface area contributed by atoms with Gasteiger partial charge in [0.1, 0.15) is 6.54 Å². The van der Waals surface area contributed by atoms with Crippen molar-refractivity contribution >= 4 is 17.3 Å². The molecule has 0 heterocycles. The summed E-state index contributed by atoms with van der Waals surface area (Å²) in [5.41, 5.74) is 7.02. The third kappa shape index (κ3) is 4.91. The van der Waals surface area contributed by atoms with Crippen molar-refractivity contribution in [3.05, 3.63) is 28.8 Å². The first-order valence-electron chi connectivity index (χ1n) is 6.05. The fourth-order valence-electron chi connectivity index (χ4n) is 1.93. The second-order valence-electron chi connectivity index (χ2n) is 4.59. The van der Waals surface area contributed by atoms with Crippen LogP contribution in [0, 0.1) is 0 Å². The molecule has 0 amide bonds. The number of hydrogen-bond donors (Lipinski definition) is 1. The van der Waals surface area contributed by atoms with Gasteiger partial charge < -0.3 is 10.6 Å². The van der Waals surface area contributed by atoms with Gasteiger partial charge in [-0.15, -0.1) is 0 Å². The molecule has 0 aliphatic carbocycles. The maximum Gasteiger partial charge on any atom is 0.405 e. The number of para-hydroxylation sites is 1. The lowest BCUT2D eigenvalue weighted by molar-refractivity contribution is -0.119. The van der Waals surface area contributed by atoms with Crippen LogP contribution in [0.5, 0.6) is 0 Å². The number of halogens is 4. The standard InChI is InChI=1S/C13H18ClF3N2/c1-3-10(18)7-9-5-4-6-11(14)12(9)19(2)8-13(15,16)17/h4-6,10H,3,7-8,18H2,1-2H3. The molecule has 0 saturated heterocycles. The van der Waals surface area contributed by atoms with E-state index in [0.29, 0.717) is 17.1 Å². The average Bonchev–Trinajstić information content (AvgIpc) is 2.26. The number of benzene rings is 1. The Kier molecular flexibility index (Phi) is 5.50. The number of rotatable bonds is 5. The fraction of sp³-hybridized carbons (Fsp3) is 0.538. The van der Waals surface area contributed by atoms with Gasteiger partial charge in [0, 0.05) is 13.1 Å². The van der Waals surface area contributed by atoms with Crippen molar-refractivity contribution in [2.24, 2.45) is 5.73 Å². The fourth-order valence-corrected chi connectivity index (χ4v) is 2.27. The van der Waals surface area contributed by atoms with Gasteiger partial charge >= 0.3 is 6.18 Å². The minimum absolute atomic E-state index is 0.0866. The van der Waals surface area contributed by atoms with Crippen molar-refractivity contribution in [3.8, 4) is 0 Å². The zero-order valence-electron chi connectivity index (χ0n) is 11.0. The zero-order chi connectivity index (χ0) is 14.6. The van der Waals surface area contributed by atoms with E-state index in [2.05, 4.69) is 0 Å². The molecule has 0 saturated carbocycles. The van der Waals surface area contributed by atoms with Gasteiger partial charge in [-0.3, -0.25) is 0 Å². The zero-order valence-corrected chi connectivity index (χ0v) is 11.7. The monoisotopic (exact) mass is 294 g/mol. The summed E-state index contributed by atoms with van der Waals surface area (Å²) in [5, 5.41) is 0.313. The highest BCUT2D eigenvalue weighted by Crippen LogP contribution is 2.32. The third-order valence-corrected chi connectivity index (χ3v) is 3.18. The molecule has 1 rings (SSSR count). The predicted molar refractivity (Wildman–Crippen MR) is 72.7 cm³/mol. The smallest absolute Gasteiger partial charge is 0.364 e. The van der Waals surface area contributed by atoms with Gasteiger partial charge in [-0.2, -0.15) is 13.2 Å². The van der Waals surface area contributed by atoms with E-state index in [1.54, 1.807) is 18.2 Å². The second kappa shape index (κ2) is 6.48. The Balaban J connectivity index is 3.03. The SMILES string of the molecule is CCC(N)Cc1cccc(Cl)c1N(C)CC(F)(F)F. The van der Waals surface area contributed by atoms with Crippen molar-refractivity contribution in [1.29, 1.82) is 0 Å². The van der Waals surface area contributed by atoms with Crippen LogP contribution in [0.3, 0.4) is 0 Å². The molecule has 1 aromatic rings. The van der Waals surface area contributed by atoms with Crippen LogP contribution < -0.4 is 10.6 Å². The summed E-state index contributed by atoms with van der Waals surface area (Å²) in [4.78, 5) is 1.13. The van der Waals surface area contributed by atoms with E-state index in [-0.39, 0.29) is 6.04 Å². The van der Waals surface area contributed by atoms with Gasteiger partial charge in [0.15, 0.2) is 0 Å². The number of anilines is 1. The molecule has 0 spiro atoms. The molecule has 1 atom stereocenters. The summed E-state index contributed by atoms with van der Waals surface area (Å²) < 4.78 is 37.4. The van der Waals surface area contributed by atoms with E-state index in [1.165, 1.54) is 7.05 Å². The summed E-state index contributed by atoms with van der Waals surface area (Å²) in [6.45, 7) is 0.902. The van der Waals surface area contributed by atoms with Crippen LogP contribution in [0.4, 0.5) is 18.9 Å². The Morgan fingerprint density at radius 2 is 2.00 bits per heavy atom. The molecule has 1 aromatic carbocycles. The Hall–Kier alpha value is -0.940. The molecule has 0 aromatic heterocycles. The Labute approximate surface area is 116 Å². The third-order valence-electron chi connectivity index (χ3n) is 2.88. The van der Waals surface area contributed by atoms with Crippen molar-refractivity contribution in [2.75, 3.05) is 18.5 Å². The van der Waals surface area contributed by atoms with E-state index >= 15 is 0 Å². The van der Waals surface area contributed by atoms with Crippen LogP contribution >= 0.6 is 11.6 Å². The van der Waals surface area contributed by atoms with Crippen molar-refractivity contribution in [3.63, 3.8) is 0 Å². The number of nitrogens with zero attached hydrogens (tertiary/aromatic N) is 1. The van der Waals surface area contributed by atoms with Crippen LogP contribution in [-0.2, 0) is 6.42 Å². The number of nitrogens with two attached hydrogens (primary N) is 1. The lowest BCUT2D eigenvalue weighted by atomic mass is 10.0. The molecule has 0 fully saturated rings. The quantitative estimate of drug-likeness (QED) is 0.899. The first-order valence-corrected chi connectivity index (χ1v) is 6.43. The van der Waals surface area contributed by atoms with Crippen LogP contribution in [0.25, 0.3) is 0 Å². The summed E-state index contributed by atoms with van der Waals surface area (Å²) in [6, 6.07) is 5.00. The second-order valence-corrected chi connectivity index (χ2v) is 5.00. The van der Waals surface area contributed by atoms with Gasteiger partial charge in [-0.05, 0) is 24.5 Å². The molecule has 6 heteroatoms. The highest BCUT2D eigenvalue weighted by atomic mass is 35.5. The molecule has 0 aliphatic heterocycles. The van der Waals surface area contributed by atoms with Gasteiger partial charge in [0.25, 0.3) is 0 Å². The highest BCUT2D eigenvalue weighted by Gasteiger charge is 2.30. The molecule has 0 aliphatic rings.